The lowest BCUT2D eigenvalue weighted by atomic mass is 9.95. The van der Waals surface area contributed by atoms with Gasteiger partial charge in [-0.3, -0.25) is 4.90 Å². The Morgan fingerprint density at radius 1 is 1.50 bits per heavy atom. The minimum Gasteiger partial charge on any atom is -0.507 e. The zero-order chi connectivity index (χ0) is 13.1. The molecule has 0 spiro atoms. The van der Waals surface area contributed by atoms with Crippen molar-refractivity contribution in [3.05, 3.63) is 23.3 Å². The Bertz CT molecular complexity index is 420. The summed E-state index contributed by atoms with van der Waals surface area (Å²) in [4.78, 5) is 2.10. The molecule has 3 N–H and O–H groups in total. The third-order valence-corrected chi connectivity index (χ3v) is 3.35. The number of likely N-dealkylation sites (tertiary alicyclic amines) is 1. The van der Waals surface area contributed by atoms with Gasteiger partial charge >= 0.3 is 0 Å². The average molecular weight is 246 g/mol. The second kappa shape index (κ2) is 5.63. The van der Waals surface area contributed by atoms with Crippen LogP contribution < -0.4 is 10.5 Å². The maximum Gasteiger partial charge on any atom is 0.126 e. The molecule has 0 saturated carbocycles. The van der Waals surface area contributed by atoms with E-state index < -0.39 is 0 Å². The Morgan fingerprint density at radius 3 is 2.83 bits per heavy atom. The van der Waals surface area contributed by atoms with Crippen molar-refractivity contribution >= 4 is 7.85 Å². The van der Waals surface area contributed by atoms with Gasteiger partial charge in [0, 0.05) is 25.3 Å². The molecule has 0 aliphatic carbocycles. The predicted octanol–water partition coefficient (Wildman–Crippen LogP) is 0.809. The molecule has 0 aromatic heterocycles. The van der Waals surface area contributed by atoms with E-state index in [9.17, 15) is 5.11 Å². The number of ether oxygens (including phenoxy) is 1. The van der Waals surface area contributed by atoms with Crippen molar-refractivity contribution in [3.8, 4) is 11.5 Å². The van der Waals surface area contributed by atoms with Crippen molar-refractivity contribution < 1.29 is 9.84 Å². The van der Waals surface area contributed by atoms with Crippen molar-refractivity contribution in [2.75, 3.05) is 19.8 Å². The van der Waals surface area contributed by atoms with Crippen LogP contribution in [-0.4, -0.2) is 43.7 Å². The van der Waals surface area contributed by atoms with Crippen molar-refractivity contribution in [1.82, 2.24) is 4.90 Å². The minimum atomic E-state index is 0.173. The number of benzene rings is 1. The lowest BCUT2D eigenvalue weighted by molar-refractivity contribution is 0.0213. The van der Waals surface area contributed by atoms with Gasteiger partial charge in [0.15, 0.2) is 0 Å². The number of nitrogens with two attached hydrogens (primary N) is 1. The standard InChI is InChI=1S/C13H19BN2O2/c1-9-12(18-11-6-16(7-11)8-15)3-2-10(4-5-14)13(9)17/h2-3,11,17H,4-8,15H2,1H3. The van der Waals surface area contributed by atoms with Gasteiger partial charge in [0.2, 0.25) is 0 Å². The van der Waals surface area contributed by atoms with Gasteiger partial charge in [0.25, 0.3) is 0 Å². The van der Waals surface area contributed by atoms with Crippen LogP contribution in [0.15, 0.2) is 12.1 Å². The van der Waals surface area contributed by atoms with Crippen molar-refractivity contribution in [3.63, 3.8) is 0 Å². The summed E-state index contributed by atoms with van der Waals surface area (Å²) in [5.41, 5.74) is 7.17. The molecular formula is C13H19BN2O2. The van der Waals surface area contributed by atoms with Gasteiger partial charge in [0.05, 0.1) is 7.85 Å². The van der Waals surface area contributed by atoms with Gasteiger partial charge in [-0.15, -0.1) is 0 Å². The topological polar surface area (TPSA) is 58.7 Å². The fourth-order valence-electron chi connectivity index (χ4n) is 2.15. The van der Waals surface area contributed by atoms with Crippen LogP contribution in [0, 0.1) is 6.92 Å². The molecule has 4 nitrogen and oxygen atoms in total. The quantitative estimate of drug-likeness (QED) is 0.755. The summed E-state index contributed by atoms with van der Waals surface area (Å²) in [6.45, 7) is 4.13. The summed E-state index contributed by atoms with van der Waals surface area (Å²) in [5, 5.41) is 10.0. The van der Waals surface area contributed by atoms with Gasteiger partial charge in [-0.25, -0.2) is 0 Å². The first-order valence-electron chi connectivity index (χ1n) is 6.26. The molecule has 0 unspecified atom stereocenters. The minimum absolute atomic E-state index is 0.173. The first-order valence-corrected chi connectivity index (χ1v) is 6.26. The third-order valence-electron chi connectivity index (χ3n) is 3.35. The van der Waals surface area contributed by atoms with E-state index in [2.05, 4.69) is 4.90 Å². The summed E-state index contributed by atoms with van der Waals surface area (Å²) in [7, 11) is 5.50. The fraction of sp³-hybridized carbons (Fsp3) is 0.538. The largest absolute Gasteiger partial charge is 0.507 e. The molecule has 1 aromatic rings. The highest BCUT2D eigenvalue weighted by Gasteiger charge is 2.27. The van der Waals surface area contributed by atoms with E-state index in [-0.39, 0.29) is 6.10 Å². The van der Waals surface area contributed by atoms with Crippen LogP contribution in [0.2, 0.25) is 6.32 Å². The third kappa shape index (κ3) is 2.62. The molecule has 18 heavy (non-hydrogen) atoms. The SMILES string of the molecule is [B]CCc1ccc(OC2CN(CN)C2)c(C)c1O. The number of rotatable bonds is 5. The van der Waals surface area contributed by atoms with Crippen LogP contribution in [0.1, 0.15) is 11.1 Å². The molecule has 1 aliphatic heterocycles. The van der Waals surface area contributed by atoms with E-state index in [0.29, 0.717) is 25.2 Å². The zero-order valence-electron chi connectivity index (χ0n) is 10.7. The summed E-state index contributed by atoms with van der Waals surface area (Å²) >= 11 is 0. The van der Waals surface area contributed by atoms with E-state index in [4.69, 9.17) is 18.3 Å². The Balaban J connectivity index is 2.03. The molecule has 96 valence electrons. The average Bonchev–Trinajstić information content (AvgIpc) is 2.32. The highest BCUT2D eigenvalue weighted by molar-refractivity contribution is 6.08. The van der Waals surface area contributed by atoms with Gasteiger partial charge in [-0.1, -0.05) is 12.4 Å². The first kappa shape index (κ1) is 13.2. The number of aromatic hydroxyl groups is 1. The van der Waals surface area contributed by atoms with Crippen LogP contribution in [-0.2, 0) is 6.42 Å². The highest BCUT2D eigenvalue weighted by Crippen LogP contribution is 2.32. The molecule has 0 amide bonds. The van der Waals surface area contributed by atoms with Gasteiger partial charge in [-0.05, 0) is 25.0 Å². The smallest absolute Gasteiger partial charge is 0.126 e. The van der Waals surface area contributed by atoms with Crippen LogP contribution in [0.3, 0.4) is 0 Å². The normalized spacial score (nSPS) is 16.6. The number of hydrogen-bond donors (Lipinski definition) is 2. The Kier molecular flexibility index (Phi) is 4.14. The number of phenolic OH excluding ortho intramolecular Hbond substituents is 1. The summed E-state index contributed by atoms with van der Waals surface area (Å²) in [6, 6.07) is 3.79. The Morgan fingerprint density at radius 2 is 2.22 bits per heavy atom. The second-order valence-electron chi connectivity index (χ2n) is 4.69. The lowest BCUT2D eigenvalue weighted by Gasteiger charge is -2.38. The van der Waals surface area contributed by atoms with Gasteiger partial charge < -0.3 is 15.6 Å². The van der Waals surface area contributed by atoms with Crippen molar-refractivity contribution in [1.29, 1.82) is 0 Å². The summed E-state index contributed by atoms with van der Waals surface area (Å²) < 4.78 is 5.84. The highest BCUT2D eigenvalue weighted by atomic mass is 16.5. The molecule has 1 saturated heterocycles. The van der Waals surface area contributed by atoms with Crippen molar-refractivity contribution in [2.45, 2.75) is 25.8 Å². The molecule has 0 bridgehead atoms. The van der Waals surface area contributed by atoms with E-state index >= 15 is 0 Å². The maximum absolute atomic E-state index is 10.0. The monoisotopic (exact) mass is 246 g/mol. The van der Waals surface area contributed by atoms with E-state index in [1.54, 1.807) is 0 Å². The van der Waals surface area contributed by atoms with Gasteiger partial charge in [-0.2, -0.15) is 0 Å². The number of hydrogen-bond acceptors (Lipinski definition) is 4. The first-order chi connectivity index (χ1) is 8.65. The number of aryl methyl sites for hydroxylation is 1. The molecule has 5 heteroatoms. The number of phenols is 1. The van der Waals surface area contributed by atoms with Crippen molar-refractivity contribution in [2.24, 2.45) is 5.73 Å². The molecule has 1 aromatic carbocycles. The summed E-state index contributed by atoms with van der Waals surface area (Å²) in [6.07, 6.45) is 1.38. The van der Waals surface area contributed by atoms with Crippen LogP contribution >= 0.6 is 0 Å². The summed E-state index contributed by atoms with van der Waals surface area (Å²) in [5.74, 6) is 1.04. The Labute approximate surface area is 109 Å². The fourth-order valence-corrected chi connectivity index (χ4v) is 2.15. The molecule has 1 heterocycles. The van der Waals surface area contributed by atoms with E-state index in [0.717, 1.165) is 30.0 Å². The molecule has 0 atom stereocenters. The van der Waals surface area contributed by atoms with Crippen LogP contribution in [0.25, 0.3) is 0 Å². The lowest BCUT2D eigenvalue weighted by Crippen LogP contribution is -2.55. The molecule has 1 fully saturated rings. The Hall–Kier alpha value is -1.20. The van der Waals surface area contributed by atoms with Gasteiger partial charge in [0.1, 0.15) is 17.6 Å². The van der Waals surface area contributed by atoms with Crippen LogP contribution in [0.5, 0.6) is 11.5 Å². The zero-order valence-corrected chi connectivity index (χ0v) is 10.7. The van der Waals surface area contributed by atoms with Crippen LogP contribution in [0.4, 0.5) is 0 Å². The molecular weight excluding hydrogens is 227 g/mol. The maximum atomic E-state index is 10.0. The molecule has 1 aliphatic rings. The van der Waals surface area contributed by atoms with E-state index in [1.807, 2.05) is 19.1 Å². The molecule has 2 rings (SSSR count). The number of nitrogens with zero attached hydrogens (tertiary/aromatic N) is 1. The molecule has 2 radical (unpaired) electrons. The van der Waals surface area contributed by atoms with E-state index in [1.165, 1.54) is 0 Å². The predicted molar refractivity (Wildman–Crippen MR) is 72.2 cm³/mol. The second-order valence-corrected chi connectivity index (χ2v) is 4.69.